The van der Waals surface area contributed by atoms with Crippen LogP contribution in [0.2, 0.25) is 0 Å². The minimum absolute atomic E-state index is 0.103. The molecule has 0 aliphatic carbocycles. The first-order chi connectivity index (χ1) is 6.70. The van der Waals surface area contributed by atoms with Gasteiger partial charge in [-0.25, -0.2) is 0 Å². The van der Waals surface area contributed by atoms with Crippen molar-refractivity contribution in [1.82, 2.24) is 5.32 Å². The van der Waals surface area contributed by atoms with Crippen LogP contribution in [0.3, 0.4) is 0 Å². The molecule has 1 N–H and O–H groups in total. The van der Waals surface area contributed by atoms with Gasteiger partial charge in [0.25, 0.3) is 5.24 Å². The fourth-order valence-electron chi connectivity index (χ4n) is 1.15. The summed E-state index contributed by atoms with van der Waals surface area (Å²) in [6.45, 7) is 12.8. The zero-order chi connectivity index (χ0) is 12.1. The molecule has 0 heterocycles. The molecule has 1 atom stereocenters. The second-order valence-corrected chi connectivity index (χ2v) is 7.03. The van der Waals surface area contributed by atoms with Crippen molar-refractivity contribution in [3.8, 4) is 0 Å². The van der Waals surface area contributed by atoms with Gasteiger partial charge in [-0.15, -0.1) is 0 Å². The van der Waals surface area contributed by atoms with E-state index in [1.165, 1.54) is 11.8 Å². The summed E-state index contributed by atoms with van der Waals surface area (Å²) in [5.41, 5.74) is 0.364. The summed E-state index contributed by atoms with van der Waals surface area (Å²) in [7, 11) is 0. The molecule has 0 aromatic heterocycles. The van der Waals surface area contributed by atoms with Gasteiger partial charge in [-0.05, 0) is 32.1 Å². The predicted octanol–water partition coefficient (Wildman–Crippen LogP) is 4.05. The van der Waals surface area contributed by atoms with Crippen molar-refractivity contribution in [3.63, 3.8) is 0 Å². The van der Waals surface area contributed by atoms with E-state index in [0.717, 1.165) is 12.8 Å². The number of nitrogens with one attached hydrogen (secondary N) is 1. The highest BCUT2D eigenvalue weighted by atomic mass is 32.2. The van der Waals surface area contributed by atoms with Crippen molar-refractivity contribution in [2.75, 3.05) is 0 Å². The molecule has 15 heavy (non-hydrogen) atoms. The summed E-state index contributed by atoms with van der Waals surface area (Å²) in [5.74, 6) is 0. The van der Waals surface area contributed by atoms with Crippen LogP contribution in [0.1, 0.15) is 54.4 Å². The Morgan fingerprint density at radius 1 is 1.27 bits per heavy atom. The smallest absolute Gasteiger partial charge is 0.279 e. The Labute approximate surface area is 98.6 Å². The minimum atomic E-state index is 0.103. The molecule has 0 aromatic rings. The Hall–Kier alpha value is -0.180. The number of rotatable bonds is 4. The largest absolute Gasteiger partial charge is 0.345 e. The van der Waals surface area contributed by atoms with Crippen LogP contribution in [0.4, 0.5) is 4.79 Å². The quantitative estimate of drug-likeness (QED) is 0.790. The SMILES string of the molecule is CC(C)NC(=O)SC(C)CCC(C)(C)C. The van der Waals surface area contributed by atoms with Gasteiger partial charge in [0.2, 0.25) is 0 Å². The standard InChI is InChI=1S/C12H25NOS/c1-9(2)13-11(14)15-10(3)7-8-12(4,5)6/h9-10H,7-8H2,1-6H3,(H,13,14). The van der Waals surface area contributed by atoms with E-state index in [2.05, 4.69) is 33.0 Å². The van der Waals surface area contributed by atoms with Gasteiger partial charge in [0.05, 0.1) is 0 Å². The topological polar surface area (TPSA) is 29.1 Å². The summed E-state index contributed by atoms with van der Waals surface area (Å²) in [5, 5.41) is 3.40. The molecule has 0 spiro atoms. The fourth-order valence-corrected chi connectivity index (χ4v) is 2.05. The van der Waals surface area contributed by atoms with Gasteiger partial charge in [0.15, 0.2) is 0 Å². The summed E-state index contributed by atoms with van der Waals surface area (Å²) < 4.78 is 0. The average Bonchev–Trinajstić information content (AvgIpc) is 1.97. The second kappa shape index (κ2) is 6.41. The Kier molecular flexibility index (Phi) is 6.34. The Morgan fingerprint density at radius 3 is 2.20 bits per heavy atom. The van der Waals surface area contributed by atoms with Gasteiger partial charge < -0.3 is 5.32 Å². The van der Waals surface area contributed by atoms with Crippen LogP contribution in [-0.4, -0.2) is 16.5 Å². The number of hydrogen-bond donors (Lipinski definition) is 1. The summed E-state index contributed by atoms with van der Waals surface area (Å²) in [6, 6.07) is 0.236. The third-order valence-electron chi connectivity index (χ3n) is 2.02. The maximum atomic E-state index is 11.4. The summed E-state index contributed by atoms with van der Waals surface area (Å²) >= 11 is 1.42. The molecule has 0 aliphatic heterocycles. The zero-order valence-electron chi connectivity index (χ0n) is 10.9. The normalized spacial score (nSPS) is 14.1. The van der Waals surface area contributed by atoms with Gasteiger partial charge in [0.1, 0.15) is 0 Å². The van der Waals surface area contributed by atoms with Gasteiger partial charge in [-0.1, -0.05) is 39.5 Å². The molecule has 2 nitrogen and oxygen atoms in total. The highest BCUT2D eigenvalue weighted by Crippen LogP contribution is 2.26. The van der Waals surface area contributed by atoms with Crippen molar-refractivity contribution in [2.24, 2.45) is 5.41 Å². The van der Waals surface area contributed by atoms with Crippen molar-refractivity contribution >= 4 is 17.0 Å². The third-order valence-corrected chi connectivity index (χ3v) is 2.99. The average molecular weight is 231 g/mol. The van der Waals surface area contributed by atoms with E-state index in [1.807, 2.05) is 13.8 Å². The lowest BCUT2D eigenvalue weighted by Gasteiger charge is -2.20. The van der Waals surface area contributed by atoms with Crippen LogP contribution in [0, 0.1) is 5.41 Å². The minimum Gasteiger partial charge on any atom is -0.345 e. The predicted molar refractivity (Wildman–Crippen MR) is 69.4 cm³/mol. The molecule has 0 rings (SSSR count). The lowest BCUT2D eigenvalue weighted by Crippen LogP contribution is -2.27. The first-order valence-electron chi connectivity index (χ1n) is 5.68. The maximum absolute atomic E-state index is 11.4. The number of carbonyl (C=O) groups excluding carboxylic acids is 1. The zero-order valence-corrected chi connectivity index (χ0v) is 11.7. The Bertz CT molecular complexity index is 196. The lowest BCUT2D eigenvalue weighted by molar-refractivity contribution is 0.258. The van der Waals surface area contributed by atoms with E-state index in [9.17, 15) is 4.79 Å². The maximum Gasteiger partial charge on any atom is 0.279 e. The van der Waals surface area contributed by atoms with Crippen LogP contribution in [0.5, 0.6) is 0 Å². The van der Waals surface area contributed by atoms with Crippen molar-refractivity contribution in [3.05, 3.63) is 0 Å². The molecule has 3 heteroatoms. The molecule has 0 fully saturated rings. The van der Waals surface area contributed by atoms with E-state index < -0.39 is 0 Å². The second-order valence-electron chi connectivity index (χ2n) is 5.61. The van der Waals surface area contributed by atoms with E-state index in [1.54, 1.807) is 0 Å². The van der Waals surface area contributed by atoms with E-state index in [-0.39, 0.29) is 11.3 Å². The van der Waals surface area contributed by atoms with Gasteiger partial charge >= 0.3 is 0 Å². The van der Waals surface area contributed by atoms with Crippen LogP contribution in [-0.2, 0) is 0 Å². The highest BCUT2D eigenvalue weighted by molar-refractivity contribution is 8.14. The molecule has 1 amide bonds. The molecule has 0 radical (unpaired) electrons. The van der Waals surface area contributed by atoms with E-state index >= 15 is 0 Å². The first kappa shape index (κ1) is 14.8. The lowest BCUT2D eigenvalue weighted by atomic mass is 9.90. The van der Waals surface area contributed by atoms with E-state index in [0.29, 0.717) is 10.7 Å². The summed E-state index contributed by atoms with van der Waals surface area (Å²) in [4.78, 5) is 11.4. The molecule has 0 aromatic carbocycles. The van der Waals surface area contributed by atoms with Crippen LogP contribution in [0.25, 0.3) is 0 Å². The molecule has 0 saturated carbocycles. The van der Waals surface area contributed by atoms with Crippen molar-refractivity contribution in [2.45, 2.75) is 65.7 Å². The van der Waals surface area contributed by atoms with E-state index in [4.69, 9.17) is 0 Å². The molecule has 0 aliphatic rings. The fraction of sp³-hybridized carbons (Fsp3) is 0.917. The molecule has 90 valence electrons. The molecular weight excluding hydrogens is 206 g/mol. The van der Waals surface area contributed by atoms with Gasteiger partial charge in [-0.2, -0.15) is 0 Å². The summed E-state index contributed by atoms with van der Waals surface area (Å²) in [6.07, 6.45) is 2.26. The van der Waals surface area contributed by atoms with Crippen LogP contribution < -0.4 is 5.32 Å². The molecule has 0 bridgehead atoms. The Morgan fingerprint density at radius 2 is 1.80 bits per heavy atom. The Balaban J connectivity index is 3.74. The van der Waals surface area contributed by atoms with Crippen LogP contribution in [0.15, 0.2) is 0 Å². The van der Waals surface area contributed by atoms with Crippen molar-refractivity contribution in [1.29, 1.82) is 0 Å². The first-order valence-corrected chi connectivity index (χ1v) is 6.56. The molecule has 0 saturated heterocycles. The van der Waals surface area contributed by atoms with Gasteiger partial charge in [0, 0.05) is 11.3 Å². The van der Waals surface area contributed by atoms with Crippen molar-refractivity contribution < 1.29 is 4.79 Å². The monoisotopic (exact) mass is 231 g/mol. The number of amides is 1. The molecule has 1 unspecified atom stereocenters. The number of carbonyl (C=O) groups is 1. The highest BCUT2D eigenvalue weighted by Gasteiger charge is 2.15. The van der Waals surface area contributed by atoms with Crippen LogP contribution >= 0.6 is 11.8 Å². The van der Waals surface area contributed by atoms with Gasteiger partial charge in [-0.3, -0.25) is 4.79 Å². The molecular formula is C12H25NOS. The third kappa shape index (κ3) is 10.1. The number of hydrogen-bond acceptors (Lipinski definition) is 2. The number of thioether (sulfide) groups is 1.